The summed E-state index contributed by atoms with van der Waals surface area (Å²) in [6, 6.07) is 20.4. The summed E-state index contributed by atoms with van der Waals surface area (Å²) in [5.74, 6) is -0.651. The molecule has 0 bridgehead atoms. The zero-order chi connectivity index (χ0) is 15.1. The number of nitrogens with one attached hydrogen (secondary N) is 1. The summed E-state index contributed by atoms with van der Waals surface area (Å²) >= 11 is 0. The number of hydrogen-bond donors (Lipinski definition) is 1. The lowest BCUT2D eigenvalue weighted by Gasteiger charge is -2.18. The Hall–Kier alpha value is -3.14. The monoisotopic (exact) mass is 288 g/mol. The molecular formula is C18H12N2O2. The Morgan fingerprint density at radius 1 is 0.682 bits per heavy atom. The molecule has 4 rings (SSSR count). The van der Waals surface area contributed by atoms with Crippen molar-refractivity contribution in [3.05, 3.63) is 77.9 Å². The third kappa shape index (κ3) is 1.78. The smallest absolute Gasteiger partial charge is 0.280 e. The van der Waals surface area contributed by atoms with Gasteiger partial charge in [-0.1, -0.05) is 48.5 Å². The average Bonchev–Trinajstić information content (AvgIpc) is 2.81. The number of carbonyl (C=O) groups is 2. The predicted octanol–water partition coefficient (Wildman–Crippen LogP) is 3.46. The summed E-state index contributed by atoms with van der Waals surface area (Å²) in [7, 11) is 0. The Balaban J connectivity index is 1.76. The number of hydrazine groups is 1. The number of hydrogen-bond acceptors (Lipinski definition) is 3. The molecule has 106 valence electrons. The van der Waals surface area contributed by atoms with Gasteiger partial charge in [0.25, 0.3) is 11.8 Å². The molecule has 1 aliphatic heterocycles. The van der Waals surface area contributed by atoms with E-state index in [0.717, 1.165) is 21.5 Å². The van der Waals surface area contributed by atoms with Crippen molar-refractivity contribution in [2.24, 2.45) is 0 Å². The van der Waals surface area contributed by atoms with E-state index in [1.807, 2.05) is 42.5 Å². The second kappa shape index (κ2) is 4.70. The lowest BCUT2D eigenvalue weighted by molar-refractivity contribution is 0.0691. The van der Waals surface area contributed by atoms with Crippen LogP contribution in [0, 0.1) is 0 Å². The van der Waals surface area contributed by atoms with Crippen molar-refractivity contribution in [3.63, 3.8) is 0 Å². The van der Waals surface area contributed by atoms with Crippen LogP contribution in [0.25, 0.3) is 10.8 Å². The first-order valence-electron chi connectivity index (χ1n) is 6.98. The molecule has 0 saturated heterocycles. The minimum atomic E-state index is -0.325. The molecule has 0 aliphatic carbocycles. The topological polar surface area (TPSA) is 49.4 Å². The molecule has 0 atom stereocenters. The van der Waals surface area contributed by atoms with Crippen LogP contribution in [0.4, 0.5) is 5.69 Å². The highest BCUT2D eigenvalue weighted by molar-refractivity contribution is 6.22. The van der Waals surface area contributed by atoms with Crippen molar-refractivity contribution in [2.75, 3.05) is 5.43 Å². The summed E-state index contributed by atoms with van der Waals surface area (Å²) < 4.78 is 0. The minimum Gasteiger partial charge on any atom is -0.288 e. The molecule has 1 aliphatic rings. The van der Waals surface area contributed by atoms with E-state index in [4.69, 9.17) is 0 Å². The zero-order valence-electron chi connectivity index (χ0n) is 11.6. The normalized spacial score (nSPS) is 13.5. The van der Waals surface area contributed by atoms with Crippen LogP contribution in [-0.4, -0.2) is 16.8 Å². The largest absolute Gasteiger partial charge is 0.288 e. The molecule has 0 aromatic heterocycles. The Morgan fingerprint density at radius 3 is 2.00 bits per heavy atom. The molecule has 2 amide bonds. The molecule has 4 heteroatoms. The Bertz CT molecular complexity index is 877. The van der Waals surface area contributed by atoms with Gasteiger partial charge in [-0.05, 0) is 23.6 Å². The van der Waals surface area contributed by atoms with Crippen LogP contribution < -0.4 is 5.43 Å². The standard InChI is InChI=1S/C18H12N2O2/c21-17-14-9-3-4-10-15(14)18(22)20(17)19-16-11-5-7-12-6-1-2-8-13(12)16/h1-11,19H. The van der Waals surface area contributed by atoms with Crippen molar-refractivity contribution in [1.82, 2.24) is 5.01 Å². The molecule has 0 radical (unpaired) electrons. The van der Waals surface area contributed by atoms with E-state index < -0.39 is 0 Å². The van der Waals surface area contributed by atoms with Gasteiger partial charge in [0.2, 0.25) is 0 Å². The number of carbonyl (C=O) groups excluding carboxylic acids is 2. The summed E-state index contributed by atoms with van der Waals surface area (Å²) in [6.45, 7) is 0. The van der Waals surface area contributed by atoms with Gasteiger partial charge in [-0.3, -0.25) is 15.0 Å². The SMILES string of the molecule is O=C1c2ccccc2C(=O)N1Nc1cccc2ccccc12. The van der Waals surface area contributed by atoms with E-state index >= 15 is 0 Å². The van der Waals surface area contributed by atoms with Crippen molar-refractivity contribution in [2.45, 2.75) is 0 Å². The fourth-order valence-electron chi connectivity index (χ4n) is 2.73. The molecule has 1 N–H and O–H groups in total. The molecule has 1 heterocycles. The third-order valence-corrected chi connectivity index (χ3v) is 3.82. The van der Waals surface area contributed by atoms with Crippen molar-refractivity contribution in [3.8, 4) is 0 Å². The third-order valence-electron chi connectivity index (χ3n) is 3.82. The number of benzene rings is 3. The van der Waals surface area contributed by atoms with Crippen molar-refractivity contribution >= 4 is 28.3 Å². The molecule has 3 aromatic carbocycles. The van der Waals surface area contributed by atoms with Crippen LogP contribution in [0.2, 0.25) is 0 Å². The molecule has 3 aromatic rings. The molecule has 22 heavy (non-hydrogen) atoms. The highest BCUT2D eigenvalue weighted by Gasteiger charge is 2.35. The zero-order valence-corrected chi connectivity index (χ0v) is 11.6. The lowest BCUT2D eigenvalue weighted by atomic mass is 10.1. The van der Waals surface area contributed by atoms with Gasteiger partial charge in [-0.15, -0.1) is 0 Å². The maximum Gasteiger partial charge on any atom is 0.280 e. The highest BCUT2D eigenvalue weighted by Crippen LogP contribution is 2.27. The van der Waals surface area contributed by atoms with Gasteiger partial charge in [0.05, 0.1) is 16.8 Å². The van der Waals surface area contributed by atoms with Crippen LogP contribution in [-0.2, 0) is 0 Å². The molecule has 0 spiro atoms. The first-order valence-corrected chi connectivity index (χ1v) is 6.98. The van der Waals surface area contributed by atoms with E-state index in [9.17, 15) is 9.59 Å². The maximum absolute atomic E-state index is 12.4. The van der Waals surface area contributed by atoms with Gasteiger partial charge >= 0.3 is 0 Å². The van der Waals surface area contributed by atoms with E-state index in [1.54, 1.807) is 24.3 Å². The van der Waals surface area contributed by atoms with Crippen LogP contribution in [0.5, 0.6) is 0 Å². The van der Waals surface area contributed by atoms with E-state index in [-0.39, 0.29) is 11.8 Å². The highest BCUT2D eigenvalue weighted by atomic mass is 16.2. The Morgan fingerprint density at radius 2 is 1.27 bits per heavy atom. The van der Waals surface area contributed by atoms with Gasteiger partial charge < -0.3 is 0 Å². The number of nitrogens with zero attached hydrogens (tertiary/aromatic N) is 1. The second-order valence-corrected chi connectivity index (χ2v) is 5.13. The van der Waals surface area contributed by atoms with Gasteiger partial charge in [0.1, 0.15) is 0 Å². The quantitative estimate of drug-likeness (QED) is 0.735. The number of rotatable bonds is 2. The van der Waals surface area contributed by atoms with Crippen LogP contribution in [0.3, 0.4) is 0 Å². The van der Waals surface area contributed by atoms with Crippen LogP contribution in [0.1, 0.15) is 20.7 Å². The summed E-state index contributed by atoms with van der Waals surface area (Å²) in [5.41, 5.74) is 4.56. The van der Waals surface area contributed by atoms with Gasteiger partial charge in [-0.2, -0.15) is 5.01 Å². The lowest BCUT2D eigenvalue weighted by Crippen LogP contribution is -2.35. The molecular weight excluding hydrogens is 276 g/mol. The summed E-state index contributed by atoms with van der Waals surface area (Å²) in [5, 5.41) is 3.08. The molecule has 0 unspecified atom stereocenters. The van der Waals surface area contributed by atoms with Gasteiger partial charge in [-0.25, -0.2) is 0 Å². The van der Waals surface area contributed by atoms with Gasteiger partial charge in [0, 0.05) is 5.39 Å². The minimum absolute atomic E-state index is 0.325. The molecule has 4 nitrogen and oxygen atoms in total. The van der Waals surface area contributed by atoms with Crippen LogP contribution >= 0.6 is 0 Å². The average molecular weight is 288 g/mol. The Labute approximate surface area is 126 Å². The second-order valence-electron chi connectivity index (χ2n) is 5.13. The van der Waals surface area contributed by atoms with E-state index in [2.05, 4.69) is 5.43 Å². The number of anilines is 1. The van der Waals surface area contributed by atoms with Gasteiger partial charge in [0.15, 0.2) is 0 Å². The molecule has 0 fully saturated rings. The summed E-state index contributed by atoms with van der Waals surface area (Å²) in [6.07, 6.45) is 0. The van der Waals surface area contributed by atoms with Crippen molar-refractivity contribution in [1.29, 1.82) is 0 Å². The fourth-order valence-corrected chi connectivity index (χ4v) is 2.73. The van der Waals surface area contributed by atoms with E-state index in [0.29, 0.717) is 11.1 Å². The number of imide groups is 1. The Kier molecular flexibility index (Phi) is 2.69. The first-order chi connectivity index (χ1) is 10.8. The van der Waals surface area contributed by atoms with Crippen molar-refractivity contribution < 1.29 is 9.59 Å². The van der Waals surface area contributed by atoms with Crippen LogP contribution in [0.15, 0.2) is 66.7 Å². The fraction of sp³-hybridized carbons (Fsp3) is 0. The maximum atomic E-state index is 12.4. The predicted molar refractivity (Wildman–Crippen MR) is 84.5 cm³/mol. The molecule has 0 saturated carbocycles. The summed E-state index contributed by atoms with van der Waals surface area (Å²) in [4.78, 5) is 24.8. The van der Waals surface area contributed by atoms with E-state index in [1.165, 1.54) is 0 Å². The first kappa shape index (κ1) is 12.6. The number of fused-ring (bicyclic) bond motifs is 2. The number of amides is 2.